The fourth-order valence-electron chi connectivity index (χ4n) is 2.36. The molecular formula is C14H15F3N2O3. The van der Waals surface area contributed by atoms with Crippen molar-refractivity contribution in [1.82, 2.24) is 4.90 Å². The van der Waals surface area contributed by atoms with Gasteiger partial charge in [-0.1, -0.05) is 12.1 Å². The number of hydrogen-bond acceptors (Lipinski definition) is 2. The monoisotopic (exact) mass is 316 g/mol. The molecule has 1 aliphatic heterocycles. The molecule has 0 saturated carbocycles. The number of amides is 2. The van der Waals surface area contributed by atoms with Gasteiger partial charge in [0.2, 0.25) is 0 Å². The summed E-state index contributed by atoms with van der Waals surface area (Å²) < 4.78 is 38.6. The lowest BCUT2D eigenvalue weighted by Gasteiger charge is -2.30. The standard InChI is InChI=1S/C14H15F3N2O3/c15-14(16,17)10-3-1-2-4-11(10)18-13(22)19-7-5-9(6-8-19)12(20)21/h1-4,9H,5-8H2,(H,18,22)(H,20,21). The second-order valence-corrected chi connectivity index (χ2v) is 5.07. The number of halogens is 3. The molecule has 1 aromatic rings. The molecule has 0 unspecified atom stereocenters. The first-order chi connectivity index (χ1) is 10.3. The average Bonchev–Trinajstić information content (AvgIpc) is 2.46. The Kier molecular flexibility index (Phi) is 4.58. The second-order valence-electron chi connectivity index (χ2n) is 5.07. The lowest BCUT2D eigenvalue weighted by Crippen LogP contribution is -2.42. The molecule has 1 aromatic carbocycles. The molecule has 2 N–H and O–H groups in total. The van der Waals surface area contributed by atoms with E-state index in [4.69, 9.17) is 5.11 Å². The fraction of sp³-hybridized carbons (Fsp3) is 0.429. The summed E-state index contributed by atoms with van der Waals surface area (Å²) in [6.45, 7) is 0.411. The van der Waals surface area contributed by atoms with Crippen molar-refractivity contribution >= 4 is 17.7 Å². The molecule has 2 rings (SSSR count). The van der Waals surface area contributed by atoms with Gasteiger partial charge < -0.3 is 15.3 Å². The maximum absolute atomic E-state index is 12.9. The number of nitrogens with zero attached hydrogens (tertiary/aromatic N) is 1. The van der Waals surface area contributed by atoms with Crippen molar-refractivity contribution in [2.75, 3.05) is 18.4 Å². The maximum Gasteiger partial charge on any atom is 0.418 e. The first-order valence-corrected chi connectivity index (χ1v) is 6.74. The largest absolute Gasteiger partial charge is 0.481 e. The van der Waals surface area contributed by atoms with Crippen LogP contribution in [0.3, 0.4) is 0 Å². The Morgan fingerprint density at radius 1 is 1.18 bits per heavy atom. The van der Waals surface area contributed by atoms with Crippen molar-refractivity contribution in [3.63, 3.8) is 0 Å². The predicted octanol–water partition coefficient (Wildman–Crippen LogP) is 3.03. The number of urea groups is 1. The zero-order chi connectivity index (χ0) is 16.3. The van der Waals surface area contributed by atoms with Crippen molar-refractivity contribution in [1.29, 1.82) is 0 Å². The van der Waals surface area contributed by atoms with E-state index in [1.165, 1.54) is 23.1 Å². The Morgan fingerprint density at radius 2 is 1.77 bits per heavy atom. The molecule has 5 nitrogen and oxygen atoms in total. The summed E-state index contributed by atoms with van der Waals surface area (Å²) in [6.07, 6.45) is -3.96. The number of nitrogens with one attached hydrogen (secondary N) is 1. The number of carbonyl (C=O) groups excluding carboxylic acids is 1. The molecule has 0 aromatic heterocycles. The Labute approximate surface area is 124 Å². The van der Waals surface area contributed by atoms with Gasteiger partial charge in [-0.3, -0.25) is 4.79 Å². The van der Waals surface area contributed by atoms with Crippen LogP contribution in [0, 0.1) is 5.92 Å². The van der Waals surface area contributed by atoms with Gasteiger partial charge in [0.25, 0.3) is 0 Å². The van der Waals surface area contributed by atoms with E-state index < -0.39 is 29.7 Å². The number of piperidine rings is 1. The number of carboxylic acid groups (broad SMARTS) is 1. The summed E-state index contributed by atoms with van der Waals surface area (Å²) >= 11 is 0. The molecule has 8 heteroatoms. The Hall–Kier alpha value is -2.25. The summed E-state index contributed by atoms with van der Waals surface area (Å²) in [6, 6.07) is 4.08. The lowest BCUT2D eigenvalue weighted by molar-refractivity contribution is -0.143. The molecule has 1 aliphatic rings. The predicted molar refractivity (Wildman–Crippen MR) is 72.4 cm³/mol. The minimum Gasteiger partial charge on any atom is -0.481 e. The number of para-hydroxylation sites is 1. The number of anilines is 1. The zero-order valence-corrected chi connectivity index (χ0v) is 11.6. The Bertz CT molecular complexity index is 567. The molecule has 1 saturated heterocycles. The molecule has 0 radical (unpaired) electrons. The summed E-state index contributed by atoms with van der Waals surface area (Å²) in [4.78, 5) is 24.2. The van der Waals surface area contributed by atoms with Gasteiger partial charge in [0.05, 0.1) is 17.2 Å². The zero-order valence-electron chi connectivity index (χ0n) is 11.6. The van der Waals surface area contributed by atoms with Crippen molar-refractivity contribution in [3.8, 4) is 0 Å². The lowest BCUT2D eigenvalue weighted by atomic mass is 9.97. The van der Waals surface area contributed by atoms with Gasteiger partial charge in [0, 0.05) is 13.1 Å². The van der Waals surface area contributed by atoms with Crippen LogP contribution in [0.2, 0.25) is 0 Å². The third kappa shape index (κ3) is 3.69. The van der Waals surface area contributed by atoms with Crippen molar-refractivity contribution < 1.29 is 27.9 Å². The van der Waals surface area contributed by atoms with Gasteiger partial charge in [0.15, 0.2) is 0 Å². The third-order valence-corrected chi connectivity index (χ3v) is 3.61. The van der Waals surface area contributed by atoms with Gasteiger partial charge in [0.1, 0.15) is 0 Å². The van der Waals surface area contributed by atoms with E-state index in [0.717, 1.165) is 6.07 Å². The van der Waals surface area contributed by atoms with Crippen LogP contribution in [0.15, 0.2) is 24.3 Å². The van der Waals surface area contributed by atoms with Gasteiger partial charge in [-0.2, -0.15) is 13.2 Å². The van der Waals surface area contributed by atoms with Crippen LogP contribution in [-0.2, 0) is 11.0 Å². The molecule has 0 aliphatic carbocycles. The van der Waals surface area contributed by atoms with Gasteiger partial charge in [-0.25, -0.2) is 4.79 Å². The van der Waals surface area contributed by atoms with E-state index in [1.54, 1.807) is 0 Å². The highest BCUT2D eigenvalue weighted by atomic mass is 19.4. The molecule has 0 bridgehead atoms. The van der Waals surface area contributed by atoms with E-state index >= 15 is 0 Å². The molecule has 22 heavy (non-hydrogen) atoms. The highest BCUT2D eigenvalue weighted by molar-refractivity contribution is 5.90. The van der Waals surface area contributed by atoms with Crippen LogP contribution >= 0.6 is 0 Å². The first-order valence-electron chi connectivity index (χ1n) is 6.74. The minimum absolute atomic E-state index is 0.205. The average molecular weight is 316 g/mol. The highest BCUT2D eigenvalue weighted by Crippen LogP contribution is 2.34. The topological polar surface area (TPSA) is 69.6 Å². The molecule has 0 atom stereocenters. The quantitative estimate of drug-likeness (QED) is 0.881. The summed E-state index contributed by atoms with van der Waals surface area (Å²) in [5.41, 5.74) is -1.22. The number of hydrogen-bond donors (Lipinski definition) is 2. The molecule has 1 heterocycles. The number of rotatable bonds is 2. The summed E-state index contributed by atoms with van der Waals surface area (Å²) in [5.74, 6) is -1.42. The third-order valence-electron chi connectivity index (χ3n) is 3.61. The normalized spacial score (nSPS) is 16.4. The minimum atomic E-state index is -4.56. The van der Waals surface area contributed by atoms with E-state index in [0.29, 0.717) is 12.8 Å². The van der Waals surface area contributed by atoms with Crippen LogP contribution < -0.4 is 5.32 Å². The number of benzene rings is 1. The molecule has 0 spiro atoms. The van der Waals surface area contributed by atoms with Crippen molar-refractivity contribution in [2.45, 2.75) is 19.0 Å². The van der Waals surface area contributed by atoms with E-state index in [-0.39, 0.29) is 18.8 Å². The summed E-state index contributed by atoms with van der Waals surface area (Å²) in [5, 5.41) is 11.1. The number of carboxylic acids is 1. The second kappa shape index (κ2) is 6.25. The Balaban J connectivity index is 2.03. The molecule has 1 fully saturated rings. The smallest absolute Gasteiger partial charge is 0.418 e. The van der Waals surface area contributed by atoms with Crippen LogP contribution in [-0.4, -0.2) is 35.1 Å². The van der Waals surface area contributed by atoms with Gasteiger partial charge >= 0.3 is 18.2 Å². The van der Waals surface area contributed by atoms with Crippen LogP contribution in [0.5, 0.6) is 0 Å². The number of aliphatic carboxylic acids is 1. The van der Waals surface area contributed by atoms with E-state index in [9.17, 15) is 22.8 Å². The number of alkyl halides is 3. The maximum atomic E-state index is 12.9. The van der Waals surface area contributed by atoms with Crippen LogP contribution in [0.4, 0.5) is 23.7 Å². The fourth-order valence-corrected chi connectivity index (χ4v) is 2.36. The molecule has 120 valence electrons. The van der Waals surface area contributed by atoms with Crippen molar-refractivity contribution in [3.05, 3.63) is 29.8 Å². The van der Waals surface area contributed by atoms with Crippen LogP contribution in [0.1, 0.15) is 18.4 Å². The van der Waals surface area contributed by atoms with Crippen LogP contribution in [0.25, 0.3) is 0 Å². The highest BCUT2D eigenvalue weighted by Gasteiger charge is 2.34. The number of likely N-dealkylation sites (tertiary alicyclic amines) is 1. The van der Waals surface area contributed by atoms with Gasteiger partial charge in [-0.15, -0.1) is 0 Å². The van der Waals surface area contributed by atoms with E-state index in [2.05, 4.69) is 5.32 Å². The number of carbonyl (C=O) groups is 2. The SMILES string of the molecule is O=C(O)C1CCN(C(=O)Nc2ccccc2C(F)(F)F)CC1. The first kappa shape index (κ1) is 16.1. The Morgan fingerprint density at radius 3 is 2.32 bits per heavy atom. The summed E-state index contributed by atoms with van der Waals surface area (Å²) in [7, 11) is 0. The molecular weight excluding hydrogens is 301 g/mol. The molecule has 2 amide bonds. The van der Waals surface area contributed by atoms with Gasteiger partial charge in [-0.05, 0) is 25.0 Å². The van der Waals surface area contributed by atoms with E-state index in [1.807, 2.05) is 0 Å². The van der Waals surface area contributed by atoms with Crippen molar-refractivity contribution in [2.24, 2.45) is 5.92 Å².